The van der Waals surface area contributed by atoms with Gasteiger partial charge in [-0.25, -0.2) is 4.79 Å². The van der Waals surface area contributed by atoms with Crippen LogP contribution in [0.4, 0.5) is 4.79 Å². The Balaban J connectivity index is 2.10. The fraction of sp³-hybridized carbons (Fsp3) is 0.933. The molecule has 1 N–H and O–H groups in total. The molecule has 3 atom stereocenters. The van der Waals surface area contributed by atoms with Crippen LogP contribution < -0.4 is 5.32 Å². The highest BCUT2D eigenvalue weighted by Gasteiger charge is 2.39. The summed E-state index contributed by atoms with van der Waals surface area (Å²) in [5.74, 6) is 0.577. The third-order valence-electron chi connectivity index (χ3n) is 4.24. The molecule has 2 aliphatic rings. The average molecular weight is 268 g/mol. The topological polar surface area (TPSA) is 41.6 Å². The first-order valence-electron chi connectivity index (χ1n) is 7.61. The van der Waals surface area contributed by atoms with Gasteiger partial charge in [0, 0.05) is 18.6 Å². The maximum absolute atomic E-state index is 12.4. The van der Waals surface area contributed by atoms with E-state index in [1.165, 1.54) is 12.8 Å². The molecule has 1 saturated carbocycles. The minimum Gasteiger partial charge on any atom is -0.444 e. The van der Waals surface area contributed by atoms with Gasteiger partial charge in [-0.1, -0.05) is 6.42 Å². The van der Waals surface area contributed by atoms with Crippen LogP contribution >= 0.6 is 0 Å². The molecule has 0 spiro atoms. The molecule has 1 aliphatic heterocycles. The lowest BCUT2D eigenvalue weighted by Gasteiger charge is -2.39. The largest absolute Gasteiger partial charge is 0.444 e. The van der Waals surface area contributed by atoms with Crippen LogP contribution in [0.3, 0.4) is 0 Å². The van der Waals surface area contributed by atoms with E-state index in [9.17, 15) is 4.79 Å². The van der Waals surface area contributed by atoms with E-state index < -0.39 is 5.60 Å². The maximum atomic E-state index is 12.4. The summed E-state index contributed by atoms with van der Waals surface area (Å²) >= 11 is 0. The second-order valence-electron chi connectivity index (χ2n) is 6.93. The molecule has 2 rings (SSSR count). The highest BCUT2D eigenvalue weighted by molar-refractivity contribution is 5.68. The smallest absolute Gasteiger partial charge is 0.410 e. The van der Waals surface area contributed by atoms with Gasteiger partial charge in [-0.2, -0.15) is 0 Å². The van der Waals surface area contributed by atoms with Crippen LogP contribution in [0.25, 0.3) is 0 Å². The van der Waals surface area contributed by atoms with Crippen molar-refractivity contribution in [2.45, 2.75) is 71.1 Å². The number of hydrogen-bond donors (Lipinski definition) is 1. The molecule has 3 unspecified atom stereocenters. The number of nitrogens with zero attached hydrogens (tertiary/aromatic N) is 1. The lowest BCUT2D eigenvalue weighted by molar-refractivity contribution is 0.00804. The van der Waals surface area contributed by atoms with Gasteiger partial charge in [0.15, 0.2) is 0 Å². The minimum atomic E-state index is -0.405. The Bertz CT molecular complexity index is 325. The van der Waals surface area contributed by atoms with Crippen LogP contribution in [0.5, 0.6) is 0 Å². The van der Waals surface area contributed by atoms with Crippen LogP contribution in [-0.4, -0.2) is 41.8 Å². The summed E-state index contributed by atoms with van der Waals surface area (Å²) < 4.78 is 5.58. The van der Waals surface area contributed by atoms with Crippen molar-refractivity contribution in [2.24, 2.45) is 5.92 Å². The third-order valence-corrected chi connectivity index (χ3v) is 4.24. The number of carbonyl (C=O) groups is 1. The Labute approximate surface area is 116 Å². The van der Waals surface area contributed by atoms with Crippen molar-refractivity contribution in [3.63, 3.8) is 0 Å². The van der Waals surface area contributed by atoms with E-state index in [1.54, 1.807) is 0 Å². The summed E-state index contributed by atoms with van der Waals surface area (Å²) in [6.07, 6.45) is 4.44. The minimum absolute atomic E-state index is 0.126. The van der Waals surface area contributed by atoms with Gasteiger partial charge in [0.1, 0.15) is 5.60 Å². The zero-order valence-corrected chi connectivity index (χ0v) is 12.7. The molecule has 2 fully saturated rings. The second-order valence-corrected chi connectivity index (χ2v) is 6.93. The number of amides is 1. The normalized spacial score (nSPS) is 32.4. The van der Waals surface area contributed by atoms with Gasteiger partial charge in [0.25, 0.3) is 0 Å². The van der Waals surface area contributed by atoms with Crippen molar-refractivity contribution >= 4 is 6.09 Å². The third kappa shape index (κ3) is 3.62. The Kier molecular flexibility index (Phi) is 4.39. The summed E-state index contributed by atoms with van der Waals surface area (Å²) in [6, 6.07) is 0.857. The average Bonchev–Trinajstić information content (AvgIpc) is 2.72. The number of rotatable bonds is 0. The fourth-order valence-corrected chi connectivity index (χ4v) is 3.38. The van der Waals surface area contributed by atoms with Gasteiger partial charge in [0.05, 0.1) is 0 Å². The van der Waals surface area contributed by atoms with Crippen molar-refractivity contribution in [1.82, 2.24) is 10.2 Å². The van der Waals surface area contributed by atoms with E-state index in [4.69, 9.17) is 4.74 Å². The van der Waals surface area contributed by atoms with Gasteiger partial charge in [-0.05, 0) is 59.4 Å². The zero-order valence-electron chi connectivity index (χ0n) is 12.7. The van der Waals surface area contributed by atoms with E-state index >= 15 is 0 Å². The molecule has 1 aliphatic carbocycles. The Morgan fingerprint density at radius 2 is 2.00 bits per heavy atom. The van der Waals surface area contributed by atoms with E-state index in [0.29, 0.717) is 18.0 Å². The summed E-state index contributed by atoms with van der Waals surface area (Å²) in [5.41, 5.74) is -0.405. The molecule has 0 aromatic heterocycles. The maximum Gasteiger partial charge on any atom is 0.410 e. The molecule has 0 aromatic rings. The number of fused-ring (bicyclic) bond motifs is 1. The van der Waals surface area contributed by atoms with E-state index in [-0.39, 0.29) is 6.09 Å². The highest BCUT2D eigenvalue weighted by atomic mass is 16.6. The molecule has 0 aromatic carbocycles. The van der Waals surface area contributed by atoms with Crippen LogP contribution in [0.15, 0.2) is 0 Å². The molecule has 4 heteroatoms. The lowest BCUT2D eigenvalue weighted by atomic mass is 9.93. The van der Waals surface area contributed by atoms with Gasteiger partial charge in [0.2, 0.25) is 0 Å². The van der Waals surface area contributed by atoms with Crippen molar-refractivity contribution in [2.75, 3.05) is 13.1 Å². The summed E-state index contributed by atoms with van der Waals surface area (Å²) in [6.45, 7) is 9.86. The van der Waals surface area contributed by atoms with Crippen molar-refractivity contribution < 1.29 is 9.53 Å². The zero-order chi connectivity index (χ0) is 14.0. The van der Waals surface area contributed by atoms with E-state index in [0.717, 1.165) is 25.9 Å². The quantitative estimate of drug-likeness (QED) is 0.734. The SMILES string of the molecule is CC1NCCCN(C(=O)OC(C)(C)C)C2CCCC12. The number of ether oxygens (including phenoxy) is 1. The summed E-state index contributed by atoms with van der Waals surface area (Å²) in [5, 5.41) is 3.58. The monoisotopic (exact) mass is 268 g/mol. The first-order valence-corrected chi connectivity index (χ1v) is 7.61. The van der Waals surface area contributed by atoms with Crippen molar-refractivity contribution in [3.05, 3.63) is 0 Å². The molecule has 1 saturated heterocycles. The summed E-state index contributed by atoms with van der Waals surface area (Å²) in [7, 11) is 0. The molecule has 110 valence electrons. The van der Waals surface area contributed by atoms with Crippen molar-refractivity contribution in [1.29, 1.82) is 0 Å². The van der Waals surface area contributed by atoms with Crippen LogP contribution in [0.2, 0.25) is 0 Å². The number of hydrogen-bond acceptors (Lipinski definition) is 3. The first kappa shape index (κ1) is 14.6. The molecule has 4 nitrogen and oxygen atoms in total. The molecule has 19 heavy (non-hydrogen) atoms. The number of carbonyl (C=O) groups excluding carboxylic acids is 1. The Morgan fingerprint density at radius 1 is 1.26 bits per heavy atom. The van der Waals surface area contributed by atoms with Gasteiger partial charge in [-0.15, -0.1) is 0 Å². The van der Waals surface area contributed by atoms with Gasteiger partial charge in [-0.3, -0.25) is 0 Å². The van der Waals surface area contributed by atoms with Gasteiger partial charge < -0.3 is 15.0 Å². The lowest BCUT2D eigenvalue weighted by Crippen LogP contribution is -2.52. The second kappa shape index (κ2) is 5.70. The number of nitrogens with one attached hydrogen (secondary N) is 1. The molecule has 0 radical (unpaired) electrons. The van der Waals surface area contributed by atoms with Crippen molar-refractivity contribution in [3.8, 4) is 0 Å². The van der Waals surface area contributed by atoms with Crippen LogP contribution in [0, 0.1) is 5.92 Å². The highest BCUT2D eigenvalue weighted by Crippen LogP contribution is 2.34. The molecule has 1 heterocycles. The summed E-state index contributed by atoms with van der Waals surface area (Å²) in [4.78, 5) is 14.4. The van der Waals surface area contributed by atoms with E-state index in [2.05, 4.69) is 12.2 Å². The predicted octanol–water partition coefficient (Wildman–Crippen LogP) is 2.77. The Hall–Kier alpha value is -0.770. The molecular formula is C15H28N2O2. The fourth-order valence-electron chi connectivity index (χ4n) is 3.38. The predicted molar refractivity (Wildman–Crippen MR) is 76.2 cm³/mol. The molecule has 1 amide bonds. The van der Waals surface area contributed by atoms with Crippen LogP contribution in [-0.2, 0) is 4.74 Å². The first-order chi connectivity index (χ1) is 8.88. The molecular weight excluding hydrogens is 240 g/mol. The Morgan fingerprint density at radius 3 is 2.68 bits per heavy atom. The van der Waals surface area contributed by atoms with E-state index in [1.807, 2.05) is 25.7 Å². The van der Waals surface area contributed by atoms with Crippen LogP contribution in [0.1, 0.15) is 53.4 Å². The van der Waals surface area contributed by atoms with Gasteiger partial charge >= 0.3 is 6.09 Å². The molecule has 0 bridgehead atoms. The standard InChI is InChI=1S/C15H28N2O2/c1-11-12-7-5-8-13(12)17(10-6-9-16-11)14(18)19-15(2,3)4/h11-13,16H,5-10H2,1-4H3.